The lowest BCUT2D eigenvalue weighted by Crippen LogP contribution is -2.41. The summed E-state index contributed by atoms with van der Waals surface area (Å²) in [6, 6.07) is 8.64. The van der Waals surface area contributed by atoms with Gasteiger partial charge in [-0.1, -0.05) is 30.3 Å². The van der Waals surface area contributed by atoms with Gasteiger partial charge in [-0.2, -0.15) is 8.78 Å². The minimum absolute atomic E-state index is 0.226. The highest BCUT2D eigenvalue weighted by atomic mass is 19.3. The van der Waals surface area contributed by atoms with Crippen molar-refractivity contribution in [3.8, 4) is 0 Å². The maximum absolute atomic E-state index is 12.3. The van der Waals surface area contributed by atoms with Crippen LogP contribution in [0.2, 0.25) is 0 Å². The fourth-order valence-electron chi connectivity index (χ4n) is 2.45. The maximum atomic E-state index is 12.3. The molecule has 0 saturated carbocycles. The van der Waals surface area contributed by atoms with E-state index in [2.05, 4.69) is 4.74 Å². The van der Waals surface area contributed by atoms with Crippen molar-refractivity contribution < 1.29 is 23.4 Å². The number of ether oxygens (including phenoxy) is 1. The van der Waals surface area contributed by atoms with Gasteiger partial charge >= 0.3 is 12.7 Å². The molecule has 4 nitrogen and oxygen atoms in total. The average molecular weight is 271 g/mol. The van der Waals surface area contributed by atoms with Crippen molar-refractivity contribution in [2.45, 2.75) is 31.6 Å². The fraction of sp³-hybridized carbons (Fsp3) is 0.462. The molecule has 1 heterocycles. The third kappa shape index (κ3) is 3.41. The monoisotopic (exact) mass is 271 g/mol. The SMILES string of the molecule is O=C(O)N1CC[C@@H](OC(F)F)[C@@H]1Cc1ccccc1. The first kappa shape index (κ1) is 13.7. The lowest BCUT2D eigenvalue weighted by Gasteiger charge is -2.26. The van der Waals surface area contributed by atoms with E-state index < -0.39 is 24.9 Å². The lowest BCUT2D eigenvalue weighted by molar-refractivity contribution is -0.167. The highest BCUT2D eigenvalue weighted by Crippen LogP contribution is 2.26. The number of hydrogen-bond acceptors (Lipinski definition) is 2. The molecule has 0 bridgehead atoms. The summed E-state index contributed by atoms with van der Waals surface area (Å²) in [5.41, 5.74) is 0.906. The number of carboxylic acid groups (broad SMARTS) is 1. The highest BCUT2D eigenvalue weighted by Gasteiger charge is 2.39. The van der Waals surface area contributed by atoms with Gasteiger partial charge in [0.15, 0.2) is 0 Å². The Bertz CT molecular complexity index is 427. The van der Waals surface area contributed by atoms with Crippen molar-refractivity contribution in [2.24, 2.45) is 0 Å². The number of hydrogen-bond donors (Lipinski definition) is 1. The summed E-state index contributed by atoms with van der Waals surface area (Å²) < 4.78 is 29.2. The van der Waals surface area contributed by atoms with Crippen LogP contribution in [0, 0.1) is 0 Å². The Kier molecular flexibility index (Phi) is 4.31. The summed E-state index contributed by atoms with van der Waals surface area (Å²) in [7, 11) is 0. The van der Waals surface area contributed by atoms with Crippen molar-refractivity contribution in [1.82, 2.24) is 4.90 Å². The Balaban J connectivity index is 2.12. The van der Waals surface area contributed by atoms with Crippen molar-refractivity contribution >= 4 is 6.09 Å². The molecular weight excluding hydrogens is 256 g/mol. The second kappa shape index (κ2) is 5.97. The summed E-state index contributed by atoms with van der Waals surface area (Å²) in [6.45, 7) is -2.65. The lowest BCUT2D eigenvalue weighted by atomic mass is 10.0. The molecule has 19 heavy (non-hydrogen) atoms. The van der Waals surface area contributed by atoms with Crippen molar-refractivity contribution in [3.05, 3.63) is 35.9 Å². The Morgan fingerprint density at radius 2 is 2.11 bits per heavy atom. The molecular formula is C13H15F2NO3. The van der Waals surface area contributed by atoms with Crippen LogP contribution in [0.5, 0.6) is 0 Å². The van der Waals surface area contributed by atoms with Gasteiger partial charge < -0.3 is 14.7 Å². The van der Waals surface area contributed by atoms with E-state index in [0.717, 1.165) is 5.56 Å². The van der Waals surface area contributed by atoms with Crippen LogP contribution in [0.4, 0.5) is 13.6 Å². The van der Waals surface area contributed by atoms with Gasteiger partial charge in [-0.3, -0.25) is 0 Å². The van der Waals surface area contributed by atoms with Gasteiger partial charge in [-0.25, -0.2) is 4.79 Å². The topological polar surface area (TPSA) is 49.8 Å². The average Bonchev–Trinajstić information content (AvgIpc) is 2.73. The van der Waals surface area contributed by atoms with Crippen molar-refractivity contribution in [3.63, 3.8) is 0 Å². The number of likely N-dealkylation sites (tertiary alicyclic amines) is 1. The van der Waals surface area contributed by atoms with Crippen LogP contribution in [0.25, 0.3) is 0 Å². The van der Waals surface area contributed by atoms with E-state index in [0.29, 0.717) is 12.8 Å². The van der Waals surface area contributed by atoms with E-state index in [-0.39, 0.29) is 6.54 Å². The first-order valence-electron chi connectivity index (χ1n) is 6.05. The molecule has 104 valence electrons. The minimum atomic E-state index is -2.88. The molecule has 0 unspecified atom stereocenters. The molecule has 0 aliphatic carbocycles. The van der Waals surface area contributed by atoms with Crippen LogP contribution in [-0.4, -0.2) is 41.4 Å². The second-order valence-electron chi connectivity index (χ2n) is 4.46. The Morgan fingerprint density at radius 3 is 2.68 bits per heavy atom. The number of benzene rings is 1. The summed E-state index contributed by atoms with van der Waals surface area (Å²) in [6.07, 6.45) is -1.17. The molecule has 1 fully saturated rings. The van der Waals surface area contributed by atoms with Crippen LogP contribution in [-0.2, 0) is 11.2 Å². The third-order valence-electron chi connectivity index (χ3n) is 3.30. The van der Waals surface area contributed by atoms with Crippen molar-refractivity contribution in [2.75, 3.05) is 6.54 Å². The van der Waals surface area contributed by atoms with Crippen molar-refractivity contribution in [1.29, 1.82) is 0 Å². The normalized spacial score (nSPS) is 23.0. The van der Waals surface area contributed by atoms with Gasteiger partial charge in [0.05, 0.1) is 12.1 Å². The molecule has 1 N–H and O–H groups in total. The zero-order valence-corrected chi connectivity index (χ0v) is 10.2. The summed E-state index contributed by atoms with van der Waals surface area (Å²) in [5.74, 6) is 0. The molecule has 1 aliphatic rings. The third-order valence-corrected chi connectivity index (χ3v) is 3.30. The number of nitrogens with zero attached hydrogens (tertiary/aromatic N) is 1. The molecule has 2 atom stereocenters. The number of rotatable bonds is 4. The summed E-state index contributed by atoms with van der Waals surface area (Å²) >= 11 is 0. The molecule has 0 aromatic heterocycles. The zero-order chi connectivity index (χ0) is 13.8. The smallest absolute Gasteiger partial charge is 0.407 e. The predicted octanol–water partition coefficient (Wildman–Crippen LogP) is 2.59. The van der Waals surface area contributed by atoms with Crippen LogP contribution in [0.3, 0.4) is 0 Å². The fourth-order valence-corrected chi connectivity index (χ4v) is 2.45. The standard InChI is InChI=1S/C13H15F2NO3/c14-12(15)19-11-6-7-16(13(17)18)10(11)8-9-4-2-1-3-5-9/h1-5,10-12H,6-8H2,(H,17,18)/t10-,11+/m0/s1. The van der Waals surface area contributed by atoms with E-state index >= 15 is 0 Å². The Hall–Kier alpha value is -1.69. The van der Waals surface area contributed by atoms with Gasteiger partial charge in [0.25, 0.3) is 0 Å². The largest absolute Gasteiger partial charge is 0.465 e. The van der Waals surface area contributed by atoms with Crippen LogP contribution in [0.15, 0.2) is 30.3 Å². The first-order valence-corrected chi connectivity index (χ1v) is 6.05. The number of amides is 1. The maximum Gasteiger partial charge on any atom is 0.407 e. The van der Waals surface area contributed by atoms with E-state index in [1.54, 1.807) is 0 Å². The van der Waals surface area contributed by atoms with E-state index in [9.17, 15) is 13.6 Å². The highest BCUT2D eigenvalue weighted by molar-refractivity contribution is 5.66. The quantitative estimate of drug-likeness (QED) is 0.915. The van der Waals surface area contributed by atoms with Gasteiger partial charge in [-0.05, 0) is 18.4 Å². The summed E-state index contributed by atoms with van der Waals surface area (Å²) in [5, 5.41) is 9.10. The zero-order valence-electron chi connectivity index (χ0n) is 10.2. The molecule has 1 saturated heterocycles. The molecule has 1 amide bonds. The van der Waals surface area contributed by atoms with Crippen LogP contribution >= 0.6 is 0 Å². The number of carbonyl (C=O) groups is 1. The van der Waals surface area contributed by atoms with E-state index in [1.165, 1.54) is 4.90 Å². The molecule has 1 aliphatic heterocycles. The van der Waals surface area contributed by atoms with Gasteiger partial charge in [0, 0.05) is 6.54 Å². The molecule has 0 radical (unpaired) electrons. The Morgan fingerprint density at radius 1 is 1.42 bits per heavy atom. The summed E-state index contributed by atoms with van der Waals surface area (Å²) in [4.78, 5) is 12.3. The van der Waals surface area contributed by atoms with Crippen LogP contribution < -0.4 is 0 Å². The first-order chi connectivity index (χ1) is 9.08. The van der Waals surface area contributed by atoms with E-state index in [4.69, 9.17) is 5.11 Å². The van der Waals surface area contributed by atoms with Gasteiger partial charge in [0.2, 0.25) is 0 Å². The van der Waals surface area contributed by atoms with Gasteiger partial charge in [-0.15, -0.1) is 0 Å². The molecule has 0 spiro atoms. The molecule has 1 aromatic rings. The molecule has 2 rings (SSSR count). The Labute approximate surface area is 109 Å². The van der Waals surface area contributed by atoms with Crippen LogP contribution in [0.1, 0.15) is 12.0 Å². The number of alkyl halides is 2. The second-order valence-corrected chi connectivity index (χ2v) is 4.46. The molecule has 1 aromatic carbocycles. The number of halogens is 2. The van der Waals surface area contributed by atoms with E-state index in [1.807, 2.05) is 30.3 Å². The predicted molar refractivity (Wildman–Crippen MR) is 64.2 cm³/mol. The molecule has 6 heteroatoms. The van der Waals surface area contributed by atoms with Gasteiger partial charge in [0.1, 0.15) is 0 Å². The minimum Gasteiger partial charge on any atom is -0.465 e.